The molecule has 0 saturated carbocycles. The maximum Gasteiger partial charge on any atom is 0.434 e. The van der Waals surface area contributed by atoms with Gasteiger partial charge in [-0.1, -0.05) is 6.08 Å². The smallest absolute Gasteiger partial charge is 0.372 e. The predicted molar refractivity (Wildman–Crippen MR) is 63.6 cm³/mol. The lowest BCUT2D eigenvalue weighted by Crippen LogP contribution is -2.38. The third-order valence-corrected chi connectivity index (χ3v) is 2.86. The number of ether oxygens (including phenoxy) is 1. The van der Waals surface area contributed by atoms with Crippen LogP contribution in [0.4, 0.5) is 19.0 Å². The Labute approximate surface area is 108 Å². The van der Waals surface area contributed by atoms with Crippen molar-refractivity contribution in [3.8, 4) is 0 Å². The van der Waals surface area contributed by atoms with Gasteiger partial charge in [-0.2, -0.15) is 13.2 Å². The molecular weight excluding hydrogens is 259 g/mol. The maximum atomic E-state index is 12.5. The number of rotatable bonds is 3. The third kappa shape index (κ3) is 3.44. The van der Waals surface area contributed by atoms with E-state index < -0.39 is 11.9 Å². The molecular formula is C12H14F3N3O. The summed E-state index contributed by atoms with van der Waals surface area (Å²) in [5.74, 6) is 0.0946. The molecule has 0 amide bonds. The van der Waals surface area contributed by atoms with Gasteiger partial charge in [0, 0.05) is 6.61 Å². The second-order valence-electron chi connectivity index (χ2n) is 4.25. The molecule has 1 aliphatic rings. The van der Waals surface area contributed by atoms with Gasteiger partial charge in [0.25, 0.3) is 0 Å². The van der Waals surface area contributed by atoms with E-state index in [0.29, 0.717) is 12.8 Å². The van der Waals surface area contributed by atoms with Crippen molar-refractivity contribution >= 4 is 5.82 Å². The second-order valence-corrected chi connectivity index (χ2v) is 4.25. The molecule has 2 rings (SSSR count). The molecule has 0 unspecified atom stereocenters. The molecule has 104 valence electrons. The van der Waals surface area contributed by atoms with Crippen LogP contribution < -0.4 is 5.32 Å². The minimum atomic E-state index is -4.49. The van der Waals surface area contributed by atoms with Crippen molar-refractivity contribution in [1.29, 1.82) is 0 Å². The average Bonchev–Trinajstić information content (AvgIpc) is 2.39. The summed E-state index contributed by atoms with van der Waals surface area (Å²) in [6.45, 7) is 4.28. The first-order valence-corrected chi connectivity index (χ1v) is 5.90. The van der Waals surface area contributed by atoms with Crippen LogP contribution in [0, 0.1) is 0 Å². The topological polar surface area (TPSA) is 47.0 Å². The molecule has 1 aromatic heterocycles. The fourth-order valence-corrected chi connectivity index (χ4v) is 1.95. The number of anilines is 1. The molecule has 2 heterocycles. The van der Waals surface area contributed by atoms with Crippen molar-refractivity contribution in [1.82, 2.24) is 9.97 Å². The fraction of sp³-hybridized carbons (Fsp3) is 0.500. The van der Waals surface area contributed by atoms with E-state index in [1.54, 1.807) is 6.08 Å². The molecule has 1 saturated heterocycles. The highest BCUT2D eigenvalue weighted by atomic mass is 19.4. The summed E-state index contributed by atoms with van der Waals surface area (Å²) < 4.78 is 43.0. The molecule has 7 heteroatoms. The number of nitrogens with zero attached hydrogens (tertiary/aromatic N) is 2. The second kappa shape index (κ2) is 5.56. The molecule has 0 radical (unpaired) electrons. The molecule has 0 aromatic carbocycles. The van der Waals surface area contributed by atoms with Gasteiger partial charge >= 0.3 is 6.18 Å². The minimum absolute atomic E-state index is 0.0946. The molecule has 1 aromatic rings. The first kappa shape index (κ1) is 13.8. The number of hydrogen-bond acceptors (Lipinski definition) is 4. The largest absolute Gasteiger partial charge is 0.434 e. The molecule has 0 aliphatic carbocycles. The molecule has 0 bridgehead atoms. The van der Waals surface area contributed by atoms with Gasteiger partial charge in [-0.3, -0.25) is 4.98 Å². The Morgan fingerprint density at radius 3 is 2.89 bits per heavy atom. The lowest BCUT2D eigenvalue weighted by atomic mass is 10.0. The van der Waals surface area contributed by atoms with Crippen LogP contribution in [0.2, 0.25) is 0 Å². The fourth-order valence-electron chi connectivity index (χ4n) is 1.95. The maximum absolute atomic E-state index is 12.5. The zero-order chi connectivity index (χ0) is 13.9. The summed E-state index contributed by atoms with van der Waals surface area (Å²) in [7, 11) is 0. The highest BCUT2D eigenvalue weighted by Crippen LogP contribution is 2.28. The Bertz CT molecular complexity index is 450. The zero-order valence-corrected chi connectivity index (χ0v) is 10.2. The van der Waals surface area contributed by atoms with Crippen LogP contribution in [0.3, 0.4) is 0 Å². The standard InChI is InChI=1S/C12H14F3N3O/c1-2-9-8(4-3-5-19-9)17-11-7-16-6-10(18-11)12(13,14)15/h2,6-9H,1,3-5H2,(H,17,18)/t8-,9+/m1/s1. The van der Waals surface area contributed by atoms with E-state index in [1.807, 2.05) is 0 Å². The minimum Gasteiger partial charge on any atom is -0.372 e. The highest BCUT2D eigenvalue weighted by molar-refractivity contribution is 5.34. The van der Waals surface area contributed by atoms with E-state index >= 15 is 0 Å². The number of halogens is 3. The molecule has 4 nitrogen and oxygen atoms in total. The number of aromatic nitrogens is 2. The van der Waals surface area contributed by atoms with Gasteiger partial charge < -0.3 is 10.1 Å². The van der Waals surface area contributed by atoms with E-state index in [2.05, 4.69) is 21.9 Å². The Morgan fingerprint density at radius 2 is 2.21 bits per heavy atom. The Balaban J connectivity index is 2.12. The van der Waals surface area contributed by atoms with E-state index in [9.17, 15) is 13.2 Å². The number of hydrogen-bond donors (Lipinski definition) is 1. The Hall–Kier alpha value is -1.63. The van der Waals surface area contributed by atoms with Gasteiger partial charge in [-0.05, 0) is 12.8 Å². The van der Waals surface area contributed by atoms with Gasteiger partial charge in [0.1, 0.15) is 5.82 Å². The van der Waals surface area contributed by atoms with Crippen LogP contribution in [0.1, 0.15) is 18.5 Å². The first-order valence-electron chi connectivity index (χ1n) is 5.90. The van der Waals surface area contributed by atoms with Crippen molar-refractivity contribution in [2.24, 2.45) is 0 Å². The summed E-state index contributed by atoms with van der Waals surface area (Å²) >= 11 is 0. The Kier molecular flexibility index (Phi) is 4.04. The van der Waals surface area contributed by atoms with Crippen molar-refractivity contribution in [2.45, 2.75) is 31.2 Å². The van der Waals surface area contributed by atoms with Gasteiger partial charge in [-0.25, -0.2) is 4.98 Å². The van der Waals surface area contributed by atoms with Crippen LogP contribution in [-0.2, 0) is 10.9 Å². The van der Waals surface area contributed by atoms with Crippen LogP contribution >= 0.6 is 0 Å². The van der Waals surface area contributed by atoms with Crippen molar-refractivity contribution in [3.05, 3.63) is 30.7 Å². The monoisotopic (exact) mass is 273 g/mol. The zero-order valence-electron chi connectivity index (χ0n) is 10.2. The van der Waals surface area contributed by atoms with Crippen LogP contribution in [0.15, 0.2) is 25.0 Å². The summed E-state index contributed by atoms with van der Waals surface area (Å²) in [4.78, 5) is 7.07. The van der Waals surface area contributed by atoms with E-state index in [4.69, 9.17) is 4.74 Å². The number of alkyl halides is 3. The van der Waals surface area contributed by atoms with Crippen LogP contribution in [-0.4, -0.2) is 28.7 Å². The SMILES string of the molecule is C=C[C@@H]1OCCC[C@H]1Nc1cncc(C(F)(F)F)n1. The van der Waals surface area contributed by atoms with E-state index in [1.165, 1.54) is 6.20 Å². The highest BCUT2D eigenvalue weighted by Gasteiger charge is 2.33. The van der Waals surface area contributed by atoms with Crippen LogP contribution in [0.25, 0.3) is 0 Å². The lowest BCUT2D eigenvalue weighted by Gasteiger charge is -2.30. The average molecular weight is 273 g/mol. The van der Waals surface area contributed by atoms with Gasteiger partial charge in [-0.15, -0.1) is 6.58 Å². The van der Waals surface area contributed by atoms with E-state index in [-0.39, 0.29) is 18.0 Å². The predicted octanol–water partition coefficient (Wildman–Crippen LogP) is 2.64. The summed E-state index contributed by atoms with van der Waals surface area (Å²) in [6.07, 6.45) is 0.509. The molecule has 19 heavy (non-hydrogen) atoms. The van der Waals surface area contributed by atoms with Gasteiger partial charge in [0.15, 0.2) is 5.69 Å². The summed E-state index contributed by atoms with van der Waals surface area (Å²) in [6, 6.07) is -0.135. The quantitative estimate of drug-likeness (QED) is 0.860. The van der Waals surface area contributed by atoms with Gasteiger partial charge in [0.2, 0.25) is 0 Å². The van der Waals surface area contributed by atoms with Crippen molar-refractivity contribution in [2.75, 3.05) is 11.9 Å². The molecule has 1 fully saturated rings. The van der Waals surface area contributed by atoms with E-state index in [0.717, 1.165) is 12.8 Å². The lowest BCUT2D eigenvalue weighted by molar-refractivity contribution is -0.141. The van der Waals surface area contributed by atoms with Crippen molar-refractivity contribution in [3.63, 3.8) is 0 Å². The number of nitrogens with one attached hydrogen (secondary N) is 1. The third-order valence-electron chi connectivity index (χ3n) is 2.86. The van der Waals surface area contributed by atoms with Crippen LogP contribution in [0.5, 0.6) is 0 Å². The summed E-state index contributed by atoms with van der Waals surface area (Å²) in [5, 5.41) is 2.92. The van der Waals surface area contributed by atoms with Crippen molar-refractivity contribution < 1.29 is 17.9 Å². The Morgan fingerprint density at radius 1 is 1.42 bits per heavy atom. The molecule has 1 N–H and O–H groups in total. The molecule has 0 spiro atoms. The molecule has 2 atom stereocenters. The first-order chi connectivity index (χ1) is 9.00. The normalized spacial score (nSPS) is 23.9. The summed E-state index contributed by atoms with van der Waals surface area (Å²) in [5.41, 5.74) is -1.01. The van der Waals surface area contributed by atoms with Gasteiger partial charge in [0.05, 0.1) is 24.5 Å². The molecule has 1 aliphatic heterocycles.